The molecule has 1 amide bonds. The van der Waals surface area contributed by atoms with Crippen LogP contribution in [0.15, 0.2) is 47.8 Å². The third-order valence-electron chi connectivity index (χ3n) is 4.59. The lowest BCUT2D eigenvalue weighted by molar-refractivity contribution is -0.115. The molecule has 4 heteroatoms. The first-order chi connectivity index (χ1) is 12.2. The zero-order valence-corrected chi connectivity index (χ0v) is 15.0. The lowest BCUT2D eigenvalue weighted by Crippen LogP contribution is -2.14. The van der Waals surface area contributed by atoms with Gasteiger partial charge in [0.15, 0.2) is 0 Å². The maximum Gasteiger partial charge on any atom is 0.231 e. The number of carbonyl (C=O) groups excluding carboxylic acids is 1. The van der Waals surface area contributed by atoms with Crippen molar-refractivity contribution in [3.05, 3.63) is 69.5 Å². The van der Waals surface area contributed by atoms with E-state index in [9.17, 15) is 4.79 Å². The van der Waals surface area contributed by atoms with E-state index in [4.69, 9.17) is 0 Å². The predicted molar refractivity (Wildman–Crippen MR) is 103 cm³/mol. The first-order valence-electron chi connectivity index (χ1n) is 8.60. The van der Waals surface area contributed by atoms with Gasteiger partial charge in [-0.2, -0.15) is 0 Å². The average molecular weight is 348 g/mol. The van der Waals surface area contributed by atoms with E-state index in [1.807, 2.05) is 36.6 Å². The van der Waals surface area contributed by atoms with Crippen molar-refractivity contribution in [1.82, 2.24) is 4.98 Å². The van der Waals surface area contributed by atoms with Crippen molar-refractivity contribution in [2.75, 3.05) is 5.32 Å². The normalized spacial score (nSPS) is 12.8. The molecule has 0 spiro atoms. The van der Waals surface area contributed by atoms with Crippen LogP contribution in [0.25, 0.3) is 11.3 Å². The molecule has 25 heavy (non-hydrogen) atoms. The molecule has 0 atom stereocenters. The second-order valence-electron chi connectivity index (χ2n) is 6.55. The van der Waals surface area contributed by atoms with Gasteiger partial charge < -0.3 is 5.32 Å². The lowest BCUT2D eigenvalue weighted by atomic mass is 10.1. The summed E-state index contributed by atoms with van der Waals surface area (Å²) in [7, 11) is 0. The highest BCUT2D eigenvalue weighted by atomic mass is 32.1. The molecule has 1 aliphatic carbocycles. The zero-order chi connectivity index (χ0) is 17.2. The van der Waals surface area contributed by atoms with Gasteiger partial charge >= 0.3 is 0 Å². The number of anilines is 1. The van der Waals surface area contributed by atoms with Gasteiger partial charge in [-0.3, -0.25) is 4.79 Å². The van der Waals surface area contributed by atoms with Crippen molar-refractivity contribution in [3.8, 4) is 11.3 Å². The van der Waals surface area contributed by atoms with Crippen LogP contribution in [0.1, 0.15) is 28.1 Å². The average Bonchev–Trinajstić information content (AvgIpc) is 3.25. The molecule has 0 radical (unpaired) electrons. The minimum Gasteiger partial charge on any atom is -0.326 e. The molecule has 0 saturated heterocycles. The Morgan fingerprint density at radius 3 is 2.76 bits per heavy atom. The molecule has 2 aromatic carbocycles. The maximum atomic E-state index is 12.2. The summed E-state index contributed by atoms with van der Waals surface area (Å²) in [6.07, 6.45) is 3.92. The van der Waals surface area contributed by atoms with E-state index in [1.54, 1.807) is 11.3 Å². The summed E-state index contributed by atoms with van der Waals surface area (Å²) in [4.78, 5) is 16.9. The maximum absolute atomic E-state index is 12.2. The van der Waals surface area contributed by atoms with Gasteiger partial charge in [0.25, 0.3) is 0 Å². The fourth-order valence-electron chi connectivity index (χ4n) is 3.24. The summed E-state index contributed by atoms with van der Waals surface area (Å²) >= 11 is 1.55. The zero-order valence-electron chi connectivity index (χ0n) is 14.2. The first-order valence-corrected chi connectivity index (χ1v) is 9.48. The van der Waals surface area contributed by atoms with Gasteiger partial charge in [0, 0.05) is 16.6 Å². The molecule has 1 aromatic heterocycles. The Kier molecular flexibility index (Phi) is 4.36. The molecule has 0 bridgehead atoms. The molecule has 1 heterocycles. The van der Waals surface area contributed by atoms with E-state index in [0.29, 0.717) is 6.42 Å². The quantitative estimate of drug-likeness (QED) is 0.737. The summed E-state index contributed by atoms with van der Waals surface area (Å²) in [6, 6.07) is 14.5. The van der Waals surface area contributed by atoms with Gasteiger partial charge in [-0.1, -0.05) is 29.8 Å². The number of hydrogen-bond acceptors (Lipinski definition) is 3. The molecular formula is C21H20N2OS. The molecule has 0 fully saturated rings. The number of thiazole rings is 1. The monoisotopic (exact) mass is 348 g/mol. The van der Waals surface area contributed by atoms with E-state index >= 15 is 0 Å². The van der Waals surface area contributed by atoms with Crippen molar-refractivity contribution in [1.29, 1.82) is 0 Å². The molecular weight excluding hydrogens is 328 g/mol. The van der Waals surface area contributed by atoms with E-state index in [0.717, 1.165) is 22.0 Å². The number of carbonyl (C=O) groups is 1. The van der Waals surface area contributed by atoms with E-state index in [-0.39, 0.29) is 5.91 Å². The molecule has 0 aliphatic heterocycles. The summed E-state index contributed by atoms with van der Waals surface area (Å²) < 4.78 is 0. The number of aryl methyl sites for hydroxylation is 3. The smallest absolute Gasteiger partial charge is 0.231 e. The summed E-state index contributed by atoms with van der Waals surface area (Å²) in [5.74, 6) is -0.0290. The third-order valence-corrected chi connectivity index (χ3v) is 5.44. The minimum atomic E-state index is -0.0290. The van der Waals surface area contributed by atoms with E-state index in [2.05, 4.69) is 28.5 Å². The van der Waals surface area contributed by atoms with E-state index < -0.39 is 0 Å². The van der Waals surface area contributed by atoms with Crippen LogP contribution in [0, 0.1) is 6.92 Å². The van der Waals surface area contributed by atoms with Crippen LogP contribution >= 0.6 is 11.3 Å². The van der Waals surface area contributed by atoms with Gasteiger partial charge in [0.1, 0.15) is 5.01 Å². The summed E-state index contributed by atoms with van der Waals surface area (Å²) in [6.45, 7) is 2.03. The lowest BCUT2D eigenvalue weighted by Gasteiger charge is -2.04. The Hall–Kier alpha value is -2.46. The number of rotatable bonds is 4. The summed E-state index contributed by atoms with van der Waals surface area (Å²) in [5, 5.41) is 5.82. The van der Waals surface area contributed by atoms with Crippen LogP contribution in [0.2, 0.25) is 0 Å². The van der Waals surface area contributed by atoms with Crippen LogP contribution in [0.5, 0.6) is 0 Å². The number of amides is 1. The second-order valence-corrected chi connectivity index (χ2v) is 7.50. The molecule has 1 N–H and O–H groups in total. The molecule has 126 valence electrons. The van der Waals surface area contributed by atoms with Crippen LogP contribution in [-0.2, 0) is 24.1 Å². The SMILES string of the molecule is Cc1ccc(NC(=O)Cc2nc(-c3ccc4c(c3)CCC4)cs2)cc1. The van der Waals surface area contributed by atoms with Crippen molar-refractivity contribution >= 4 is 22.9 Å². The van der Waals surface area contributed by atoms with E-state index in [1.165, 1.54) is 36.0 Å². The molecule has 3 nitrogen and oxygen atoms in total. The third kappa shape index (κ3) is 3.64. The van der Waals surface area contributed by atoms with Crippen LogP contribution in [0.3, 0.4) is 0 Å². The van der Waals surface area contributed by atoms with Gasteiger partial charge in [0.05, 0.1) is 12.1 Å². The minimum absolute atomic E-state index is 0.0290. The number of nitrogens with zero attached hydrogens (tertiary/aromatic N) is 1. The van der Waals surface area contributed by atoms with Crippen LogP contribution in [-0.4, -0.2) is 10.9 Å². The summed E-state index contributed by atoms with van der Waals surface area (Å²) in [5.41, 5.74) is 7.05. The molecule has 0 unspecified atom stereocenters. The molecule has 3 aromatic rings. The van der Waals surface area contributed by atoms with Crippen molar-refractivity contribution in [2.45, 2.75) is 32.6 Å². The molecule has 1 aliphatic rings. The van der Waals surface area contributed by atoms with Crippen molar-refractivity contribution in [3.63, 3.8) is 0 Å². The number of nitrogens with one attached hydrogen (secondary N) is 1. The molecule has 0 saturated carbocycles. The van der Waals surface area contributed by atoms with Gasteiger partial charge in [-0.05, 0) is 55.5 Å². The van der Waals surface area contributed by atoms with Crippen molar-refractivity contribution in [2.24, 2.45) is 0 Å². The number of benzene rings is 2. The van der Waals surface area contributed by atoms with Crippen LogP contribution < -0.4 is 5.32 Å². The van der Waals surface area contributed by atoms with Gasteiger partial charge in [-0.15, -0.1) is 11.3 Å². The first kappa shape index (κ1) is 16.0. The Morgan fingerprint density at radius 1 is 1.12 bits per heavy atom. The largest absolute Gasteiger partial charge is 0.326 e. The number of fused-ring (bicyclic) bond motifs is 1. The van der Waals surface area contributed by atoms with Gasteiger partial charge in [0.2, 0.25) is 5.91 Å². The van der Waals surface area contributed by atoms with Crippen molar-refractivity contribution < 1.29 is 4.79 Å². The Balaban J connectivity index is 1.44. The predicted octanol–water partition coefficient (Wildman–Crippen LogP) is 4.79. The highest BCUT2D eigenvalue weighted by Gasteiger charge is 2.14. The number of hydrogen-bond donors (Lipinski definition) is 1. The topological polar surface area (TPSA) is 42.0 Å². The second kappa shape index (κ2) is 6.81. The standard InChI is InChI=1S/C21H20N2OS/c1-14-5-9-18(10-6-14)22-20(24)12-21-23-19(13-25-21)17-8-7-15-3-2-4-16(15)11-17/h5-11,13H,2-4,12H2,1H3,(H,22,24). The molecule has 4 rings (SSSR count). The Morgan fingerprint density at radius 2 is 1.92 bits per heavy atom. The van der Waals surface area contributed by atoms with Crippen LogP contribution in [0.4, 0.5) is 5.69 Å². The highest BCUT2D eigenvalue weighted by molar-refractivity contribution is 7.10. The fourth-order valence-corrected chi connectivity index (χ4v) is 4.04. The van der Waals surface area contributed by atoms with Gasteiger partial charge in [-0.25, -0.2) is 4.98 Å². The Bertz CT molecular complexity index is 912. The number of aromatic nitrogens is 1. The highest BCUT2D eigenvalue weighted by Crippen LogP contribution is 2.29. The fraction of sp³-hybridized carbons (Fsp3) is 0.238. The Labute approximate surface area is 151 Å².